The molecule has 2 fully saturated rings. The summed E-state index contributed by atoms with van der Waals surface area (Å²) in [5, 5.41) is 9.34. The normalized spacial score (nSPS) is 16.9. The molecule has 0 atom stereocenters. The van der Waals surface area contributed by atoms with Crippen molar-refractivity contribution in [2.24, 2.45) is 0 Å². The minimum Gasteiger partial charge on any atom is -0.347 e. The molecular weight excluding hydrogens is 302 g/mol. The van der Waals surface area contributed by atoms with Crippen molar-refractivity contribution in [1.82, 2.24) is 25.5 Å². The highest BCUT2D eigenvalue weighted by atomic mass is 35.5. The quantitative estimate of drug-likeness (QED) is 0.885. The minimum atomic E-state index is -0.152. The molecule has 7 heteroatoms. The van der Waals surface area contributed by atoms with Gasteiger partial charge < -0.3 is 5.32 Å². The number of hydrogen-bond acceptors (Lipinski definition) is 4. The second kappa shape index (κ2) is 6.04. The maximum Gasteiger partial charge on any atom is 0.269 e. The Morgan fingerprint density at radius 2 is 2.05 bits per heavy atom. The van der Waals surface area contributed by atoms with Crippen LogP contribution >= 0.6 is 12.4 Å². The Bertz CT molecular complexity index is 665. The first-order valence-electron chi connectivity index (χ1n) is 7.44. The van der Waals surface area contributed by atoms with E-state index in [9.17, 15) is 4.79 Å². The van der Waals surface area contributed by atoms with E-state index in [1.807, 2.05) is 6.20 Å². The highest BCUT2D eigenvalue weighted by molar-refractivity contribution is 5.92. The fraction of sp³-hybridized carbons (Fsp3) is 0.467. The minimum absolute atomic E-state index is 0. The van der Waals surface area contributed by atoms with Crippen molar-refractivity contribution in [2.45, 2.75) is 44.1 Å². The summed E-state index contributed by atoms with van der Waals surface area (Å²) < 4.78 is 0. The molecule has 2 heterocycles. The standard InChI is InChI=1S/C15H17N5O.ClH/c21-15(12-5-6-18-20-12)17-8-11-7-16-14(10-3-4-10)19-13(11)9-1-2-9;/h5-7,9-10H,1-4,8H2,(H,17,21)(H,18,20);1H. The van der Waals surface area contributed by atoms with Gasteiger partial charge in [-0.25, -0.2) is 9.97 Å². The summed E-state index contributed by atoms with van der Waals surface area (Å²) in [5.41, 5.74) is 2.64. The first-order valence-corrected chi connectivity index (χ1v) is 7.44. The third-order valence-corrected chi connectivity index (χ3v) is 4.01. The van der Waals surface area contributed by atoms with E-state index in [0.29, 0.717) is 24.1 Å². The molecule has 2 aromatic heterocycles. The van der Waals surface area contributed by atoms with E-state index in [-0.39, 0.29) is 18.3 Å². The number of aromatic nitrogens is 4. The van der Waals surface area contributed by atoms with E-state index in [1.54, 1.807) is 12.3 Å². The molecule has 0 aromatic carbocycles. The Balaban J connectivity index is 0.00000144. The molecule has 0 radical (unpaired) electrons. The maximum absolute atomic E-state index is 11.9. The van der Waals surface area contributed by atoms with Gasteiger partial charge in [-0.1, -0.05) is 0 Å². The van der Waals surface area contributed by atoms with Gasteiger partial charge >= 0.3 is 0 Å². The first kappa shape index (κ1) is 15.0. The van der Waals surface area contributed by atoms with Crippen LogP contribution in [0.3, 0.4) is 0 Å². The number of hydrogen-bond donors (Lipinski definition) is 2. The van der Waals surface area contributed by atoms with Gasteiger partial charge in [0.25, 0.3) is 5.91 Å². The average molecular weight is 320 g/mol. The monoisotopic (exact) mass is 319 g/mol. The Morgan fingerprint density at radius 3 is 2.68 bits per heavy atom. The van der Waals surface area contributed by atoms with Crippen molar-refractivity contribution < 1.29 is 4.79 Å². The summed E-state index contributed by atoms with van der Waals surface area (Å²) in [7, 11) is 0. The molecule has 116 valence electrons. The third-order valence-electron chi connectivity index (χ3n) is 4.01. The van der Waals surface area contributed by atoms with Gasteiger partial charge in [0, 0.05) is 36.3 Å². The second-order valence-corrected chi connectivity index (χ2v) is 5.84. The fourth-order valence-electron chi connectivity index (χ4n) is 2.47. The lowest BCUT2D eigenvalue weighted by molar-refractivity contribution is 0.0945. The lowest BCUT2D eigenvalue weighted by atomic mass is 10.1. The molecule has 0 unspecified atom stereocenters. The van der Waals surface area contributed by atoms with Gasteiger partial charge in [-0.2, -0.15) is 5.10 Å². The van der Waals surface area contributed by atoms with E-state index in [2.05, 4.69) is 20.5 Å². The SMILES string of the molecule is Cl.O=C(NCc1cnc(C2CC2)nc1C1CC1)c1ccn[nH]1. The number of halogens is 1. The fourth-order valence-corrected chi connectivity index (χ4v) is 2.47. The highest BCUT2D eigenvalue weighted by Crippen LogP contribution is 2.43. The van der Waals surface area contributed by atoms with Crippen LogP contribution in [0.2, 0.25) is 0 Å². The number of nitrogens with zero attached hydrogens (tertiary/aromatic N) is 3. The summed E-state index contributed by atoms with van der Waals surface area (Å²) in [6.45, 7) is 0.467. The summed E-state index contributed by atoms with van der Waals surface area (Å²) in [6, 6.07) is 1.66. The van der Waals surface area contributed by atoms with E-state index >= 15 is 0 Å². The number of aromatic amines is 1. The molecule has 2 N–H and O–H groups in total. The van der Waals surface area contributed by atoms with Crippen molar-refractivity contribution in [1.29, 1.82) is 0 Å². The predicted molar refractivity (Wildman–Crippen MR) is 83.0 cm³/mol. The number of rotatable bonds is 5. The Labute approximate surface area is 134 Å². The molecule has 0 bridgehead atoms. The molecule has 6 nitrogen and oxygen atoms in total. The van der Waals surface area contributed by atoms with Crippen molar-refractivity contribution in [3.05, 3.63) is 41.2 Å². The zero-order valence-corrected chi connectivity index (χ0v) is 12.9. The van der Waals surface area contributed by atoms with Crippen LogP contribution < -0.4 is 5.32 Å². The Hall–Kier alpha value is -1.95. The molecule has 0 saturated heterocycles. The highest BCUT2D eigenvalue weighted by Gasteiger charge is 2.32. The molecule has 2 aliphatic carbocycles. The van der Waals surface area contributed by atoms with Gasteiger partial charge in [0.15, 0.2) is 0 Å². The number of carbonyl (C=O) groups is 1. The van der Waals surface area contributed by atoms with Crippen LogP contribution in [-0.2, 0) is 6.54 Å². The first-order chi connectivity index (χ1) is 10.3. The van der Waals surface area contributed by atoms with Crippen molar-refractivity contribution in [3.8, 4) is 0 Å². The summed E-state index contributed by atoms with van der Waals surface area (Å²) in [6.07, 6.45) is 8.27. The summed E-state index contributed by atoms with van der Waals surface area (Å²) >= 11 is 0. The van der Waals surface area contributed by atoms with E-state index in [0.717, 1.165) is 17.1 Å². The molecule has 0 spiro atoms. The topological polar surface area (TPSA) is 83.6 Å². The Morgan fingerprint density at radius 1 is 1.27 bits per heavy atom. The molecule has 2 aliphatic rings. The van der Waals surface area contributed by atoms with Gasteiger partial charge in [0.2, 0.25) is 0 Å². The Kier molecular flexibility index (Phi) is 4.11. The van der Waals surface area contributed by atoms with Gasteiger partial charge in [-0.3, -0.25) is 9.89 Å². The summed E-state index contributed by atoms with van der Waals surface area (Å²) in [4.78, 5) is 21.2. The lowest BCUT2D eigenvalue weighted by Gasteiger charge is -2.10. The zero-order valence-electron chi connectivity index (χ0n) is 12.1. The summed E-state index contributed by atoms with van der Waals surface area (Å²) in [5.74, 6) is 1.96. The van der Waals surface area contributed by atoms with Crippen LogP contribution in [0.4, 0.5) is 0 Å². The van der Waals surface area contributed by atoms with Crippen molar-refractivity contribution >= 4 is 18.3 Å². The predicted octanol–water partition coefficient (Wildman–Crippen LogP) is 2.31. The number of carbonyl (C=O) groups excluding carboxylic acids is 1. The molecular formula is C15H18ClN5O. The molecule has 2 saturated carbocycles. The average Bonchev–Trinajstić information content (AvgIpc) is 3.43. The molecule has 4 rings (SSSR count). The van der Waals surface area contributed by atoms with Crippen LogP contribution in [0.5, 0.6) is 0 Å². The lowest BCUT2D eigenvalue weighted by Crippen LogP contribution is -2.24. The molecule has 22 heavy (non-hydrogen) atoms. The van der Waals surface area contributed by atoms with E-state index in [1.165, 1.54) is 25.7 Å². The largest absolute Gasteiger partial charge is 0.347 e. The maximum atomic E-state index is 11.9. The van der Waals surface area contributed by atoms with Gasteiger partial charge in [-0.15, -0.1) is 12.4 Å². The third kappa shape index (κ3) is 3.11. The number of amides is 1. The van der Waals surface area contributed by atoms with Crippen molar-refractivity contribution in [3.63, 3.8) is 0 Å². The van der Waals surface area contributed by atoms with Crippen LogP contribution in [0.1, 0.15) is 65.1 Å². The van der Waals surface area contributed by atoms with Crippen LogP contribution in [-0.4, -0.2) is 26.1 Å². The van der Waals surface area contributed by atoms with Crippen LogP contribution in [0.25, 0.3) is 0 Å². The second-order valence-electron chi connectivity index (χ2n) is 5.84. The molecule has 2 aromatic rings. The molecule has 1 amide bonds. The number of H-pyrrole nitrogens is 1. The van der Waals surface area contributed by atoms with Crippen LogP contribution in [0.15, 0.2) is 18.5 Å². The van der Waals surface area contributed by atoms with E-state index in [4.69, 9.17) is 4.98 Å². The van der Waals surface area contributed by atoms with Gasteiger partial charge in [0.05, 0.1) is 5.69 Å². The van der Waals surface area contributed by atoms with E-state index < -0.39 is 0 Å². The zero-order chi connectivity index (χ0) is 14.2. The van der Waals surface area contributed by atoms with Crippen LogP contribution in [0, 0.1) is 0 Å². The van der Waals surface area contributed by atoms with Gasteiger partial charge in [-0.05, 0) is 31.7 Å². The van der Waals surface area contributed by atoms with Gasteiger partial charge in [0.1, 0.15) is 11.5 Å². The van der Waals surface area contributed by atoms with Crippen molar-refractivity contribution in [2.75, 3.05) is 0 Å². The smallest absolute Gasteiger partial charge is 0.269 e. The number of nitrogens with one attached hydrogen (secondary N) is 2. The molecule has 0 aliphatic heterocycles.